The summed E-state index contributed by atoms with van der Waals surface area (Å²) in [4.78, 5) is 20.7. The van der Waals surface area contributed by atoms with Crippen molar-refractivity contribution in [3.63, 3.8) is 0 Å². The first-order valence-corrected chi connectivity index (χ1v) is 10.1. The maximum Gasteiger partial charge on any atom is 0.252 e. The van der Waals surface area contributed by atoms with E-state index in [1.54, 1.807) is 11.3 Å². The second kappa shape index (κ2) is 8.59. The van der Waals surface area contributed by atoms with Crippen molar-refractivity contribution in [2.45, 2.75) is 52.6 Å². The van der Waals surface area contributed by atoms with Crippen LogP contribution in [0.15, 0.2) is 23.7 Å². The van der Waals surface area contributed by atoms with E-state index in [0.29, 0.717) is 0 Å². The van der Waals surface area contributed by atoms with Crippen LogP contribution in [-0.2, 0) is 25.9 Å². The van der Waals surface area contributed by atoms with Gasteiger partial charge < -0.3 is 5.32 Å². The number of thiophene rings is 1. The Morgan fingerprint density at radius 3 is 2.96 bits per heavy atom. The molecule has 0 saturated carbocycles. The van der Waals surface area contributed by atoms with Crippen LogP contribution >= 0.6 is 11.3 Å². The van der Waals surface area contributed by atoms with Crippen LogP contribution in [0.3, 0.4) is 0 Å². The van der Waals surface area contributed by atoms with Crippen LogP contribution in [0.4, 0.5) is 0 Å². The fourth-order valence-corrected chi connectivity index (χ4v) is 4.29. The summed E-state index contributed by atoms with van der Waals surface area (Å²) in [6.07, 6.45) is 6.09. The predicted molar refractivity (Wildman–Crippen MR) is 103 cm³/mol. The third kappa shape index (κ3) is 4.47. The highest BCUT2D eigenvalue weighted by molar-refractivity contribution is 7.10. The summed E-state index contributed by atoms with van der Waals surface area (Å²) in [5.74, 6) is 0.0937. The average molecular weight is 358 g/mol. The number of fused-ring (bicyclic) bond motifs is 1. The summed E-state index contributed by atoms with van der Waals surface area (Å²) < 4.78 is 0. The van der Waals surface area contributed by atoms with Crippen molar-refractivity contribution >= 4 is 17.2 Å². The van der Waals surface area contributed by atoms with Gasteiger partial charge in [0.15, 0.2) is 0 Å². The fourth-order valence-electron chi connectivity index (χ4n) is 3.17. The zero-order valence-electron chi connectivity index (χ0n) is 15.2. The number of aromatic nitrogens is 1. The van der Waals surface area contributed by atoms with Crippen molar-refractivity contribution in [3.8, 4) is 0 Å². The van der Waals surface area contributed by atoms with E-state index in [2.05, 4.69) is 41.2 Å². The lowest BCUT2D eigenvalue weighted by atomic mass is 10.0. The number of nitrogens with one attached hydrogen (secondary N) is 1. The minimum absolute atomic E-state index is 0.0937. The van der Waals surface area contributed by atoms with Gasteiger partial charge in [0.25, 0.3) is 5.91 Å². The van der Waals surface area contributed by atoms with E-state index in [0.717, 1.165) is 63.1 Å². The van der Waals surface area contributed by atoms with Crippen LogP contribution in [0.25, 0.3) is 0 Å². The summed E-state index contributed by atoms with van der Waals surface area (Å²) in [6.45, 7) is 7.83. The molecule has 0 radical (unpaired) electrons. The van der Waals surface area contributed by atoms with Crippen molar-refractivity contribution in [2.24, 2.45) is 0 Å². The second-order valence-electron chi connectivity index (χ2n) is 6.63. The van der Waals surface area contributed by atoms with E-state index in [9.17, 15) is 4.79 Å². The van der Waals surface area contributed by atoms with Crippen LogP contribution in [0.2, 0.25) is 0 Å². The molecule has 2 aromatic heterocycles. The number of carbonyl (C=O) groups is 1. The monoisotopic (exact) mass is 357 g/mol. The molecule has 0 unspecified atom stereocenters. The summed E-state index contributed by atoms with van der Waals surface area (Å²) in [7, 11) is 0. The number of hydrogen-bond donors (Lipinski definition) is 1. The third-order valence-corrected chi connectivity index (χ3v) is 5.78. The topological polar surface area (TPSA) is 45.2 Å². The number of amides is 1. The molecule has 2 aromatic rings. The Bertz CT molecular complexity index is 708. The Hall–Kier alpha value is -1.72. The van der Waals surface area contributed by atoms with Crippen LogP contribution < -0.4 is 5.32 Å². The fraction of sp³-hybridized carbons (Fsp3) is 0.500. The van der Waals surface area contributed by atoms with Crippen LogP contribution in [-0.4, -0.2) is 28.9 Å². The lowest BCUT2D eigenvalue weighted by Gasteiger charge is -2.27. The molecule has 3 rings (SSSR count). The van der Waals surface area contributed by atoms with Gasteiger partial charge in [-0.1, -0.05) is 26.3 Å². The van der Waals surface area contributed by atoms with Gasteiger partial charge in [-0.15, -0.1) is 11.3 Å². The van der Waals surface area contributed by atoms with Gasteiger partial charge in [0.1, 0.15) is 0 Å². The Morgan fingerprint density at radius 1 is 1.36 bits per heavy atom. The molecule has 0 saturated heterocycles. The van der Waals surface area contributed by atoms with Crippen LogP contribution in [0.5, 0.6) is 0 Å². The van der Waals surface area contributed by atoms with Gasteiger partial charge >= 0.3 is 0 Å². The molecule has 1 aliphatic rings. The molecule has 0 aromatic carbocycles. The van der Waals surface area contributed by atoms with Gasteiger partial charge in [0.2, 0.25) is 0 Å². The molecule has 1 aliphatic heterocycles. The Morgan fingerprint density at radius 2 is 2.24 bits per heavy atom. The lowest BCUT2D eigenvalue weighted by Crippen LogP contribution is -2.31. The van der Waals surface area contributed by atoms with Crippen molar-refractivity contribution in [2.75, 3.05) is 13.1 Å². The molecule has 0 atom stereocenters. The van der Waals surface area contributed by atoms with E-state index in [1.807, 2.05) is 11.6 Å². The van der Waals surface area contributed by atoms with E-state index in [1.165, 1.54) is 16.0 Å². The van der Waals surface area contributed by atoms with Crippen molar-refractivity contribution < 1.29 is 4.79 Å². The highest BCUT2D eigenvalue weighted by Crippen LogP contribution is 2.29. The SMILES string of the molecule is CCCCNC(=O)c1csc2c1CCN(Cc1ccc(CC)cn1)C2. The van der Waals surface area contributed by atoms with Gasteiger partial charge in [-0.25, -0.2) is 0 Å². The van der Waals surface area contributed by atoms with Crippen molar-refractivity contribution in [3.05, 3.63) is 51.0 Å². The van der Waals surface area contributed by atoms with Crippen LogP contribution in [0.1, 0.15) is 58.7 Å². The molecule has 1 N–H and O–H groups in total. The first-order valence-electron chi connectivity index (χ1n) is 9.24. The molecule has 0 fully saturated rings. The summed E-state index contributed by atoms with van der Waals surface area (Å²) in [6, 6.07) is 4.30. The quantitative estimate of drug-likeness (QED) is 0.767. The molecular weight excluding hydrogens is 330 g/mol. The lowest BCUT2D eigenvalue weighted by molar-refractivity contribution is 0.0952. The van der Waals surface area contributed by atoms with E-state index in [4.69, 9.17) is 0 Å². The van der Waals surface area contributed by atoms with Crippen LogP contribution in [0, 0.1) is 0 Å². The number of rotatable bonds is 7. The molecule has 1 amide bonds. The zero-order chi connectivity index (χ0) is 17.6. The second-order valence-corrected chi connectivity index (χ2v) is 7.60. The van der Waals surface area contributed by atoms with E-state index in [-0.39, 0.29) is 5.91 Å². The van der Waals surface area contributed by atoms with Gasteiger partial charge in [-0.05, 0) is 36.5 Å². The normalized spacial score (nSPS) is 14.3. The largest absolute Gasteiger partial charge is 0.352 e. The maximum atomic E-state index is 12.4. The predicted octanol–water partition coefficient (Wildman–Crippen LogP) is 3.79. The first kappa shape index (κ1) is 18.1. The third-order valence-electron chi connectivity index (χ3n) is 4.77. The minimum atomic E-state index is 0.0937. The molecule has 0 spiro atoms. The Kier molecular flexibility index (Phi) is 6.21. The first-order chi connectivity index (χ1) is 12.2. The number of pyridine rings is 1. The van der Waals surface area contributed by atoms with Gasteiger partial charge in [-0.2, -0.15) is 0 Å². The molecule has 25 heavy (non-hydrogen) atoms. The highest BCUT2D eigenvalue weighted by Gasteiger charge is 2.23. The maximum absolute atomic E-state index is 12.4. The van der Waals surface area contributed by atoms with E-state index >= 15 is 0 Å². The average Bonchev–Trinajstić information content (AvgIpc) is 3.06. The molecule has 134 valence electrons. The van der Waals surface area contributed by atoms with E-state index < -0.39 is 0 Å². The number of nitrogens with zero attached hydrogens (tertiary/aromatic N) is 2. The Balaban J connectivity index is 1.61. The molecule has 5 heteroatoms. The van der Waals surface area contributed by atoms with Gasteiger partial charge in [0.05, 0.1) is 11.3 Å². The highest BCUT2D eigenvalue weighted by atomic mass is 32.1. The number of aryl methyl sites for hydroxylation is 1. The van der Waals surface area contributed by atoms with Crippen molar-refractivity contribution in [1.82, 2.24) is 15.2 Å². The molecule has 3 heterocycles. The molecular formula is C20H27N3OS. The number of unbranched alkanes of at least 4 members (excludes halogenated alkanes) is 1. The smallest absolute Gasteiger partial charge is 0.252 e. The number of carbonyl (C=O) groups excluding carboxylic acids is 1. The Labute approximate surface area is 154 Å². The minimum Gasteiger partial charge on any atom is -0.352 e. The standard InChI is InChI=1S/C20H27N3OS/c1-3-5-9-21-20(24)18-14-25-19-13-23(10-8-17(18)19)12-16-7-6-15(4-2)11-22-16/h6-7,11,14H,3-5,8-10,12-13H2,1-2H3,(H,21,24). The summed E-state index contributed by atoms with van der Waals surface area (Å²) in [5.41, 5.74) is 4.54. The van der Waals surface area contributed by atoms with Gasteiger partial charge in [0, 0.05) is 42.6 Å². The summed E-state index contributed by atoms with van der Waals surface area (Å²) >= 11 is 1.72. The molecule has 0 aliphatic carbocycles. The van der Waals surface area contributed by atoms with Crippen molar-refractivity contribution in [1.29, 1.82) is 0 Å². The summed E-state index contributed by atoms with van der Waals surface area (Å²) in [5, 5.41) is 5.07. The zero-order valence-corrected chi connectivity index (χ0v) is 16.0. The number of hydrogen-bond acceptors (Lipinski definition) is 4. The molecule has 4 nitrogen and oxygen atoms in total. The molecule has 0 bridgehead atoms. The van der Waals surface area contributed by atoms with Gasteiger partial charge in [-0.3, -0.25) is 14.7 Å².